The van der Waals surface area contributed by atoms with Crippen LogP contribution in [0.3, 0.4) is 0 Å². The standard InChI is InChI=1S/C22H19ClN4O/c1-27-20-8-4-3-7-19(20)25-22(27)26-24-14-17-6-2-5-9-21(17)28-15-16-10-12-18(23)13-11-16/h2-14H,15H2,1H3,(H,25,26)/b24-14-. The summed E-state index contributed by atoms with van der Waals surface area (Å²) in [5, 5.41) is 5.05. The van der Waals surface area contributed by atoms with Crippen molar-refractivity contribution < 1.29 is 4.74 Å². The van der Waals surface area contributed by atoms with Gasteiger partial charge in [0.2, 0.25) is 5.95 Å². The summed E-state index contributed by atoms with van der Waals surface area (Å²) in [6.07, 6.45) is 1.73. The molecule has 0 saturated carbocycles. The molecular formula is C22H19ClN4O. The Labute approximate surface area is 168 Å². The highest BCUT2D eigenvalue weighted by molar-refractivity contribution is 6.30. The topological polar surface area (TPSA) is 51.4 Å². The number of nitrogens with zero attached hydrogens (tertiary/aromatic N) is 3. The summed E-state index contributed by atoms with van der Waals surface area (Å²) in [6, 6.07) is 23.3. The summed E-state index contributed by atoms with van der Waals surface area (Å²) in [7, 11) is 1.95. The van der Waals surface area contributed by atoms with Crippen LogP contribution in [0.5, 0.6) is 5.75 Å². The predicted octanol–water partition coefficient (Wildman–Crippen LogP) is 5.25. The summed E-state index contributed by atoms with van der Waals surface area (Å²) in [5.74, 6) is 1.44. The molecule has 0 amide bonds. The Morgan fingerprint density at radius 3 is 2.61 bits per heavy atom. The second-order valence-electron chi connectivity index (χ2n) is 6.31. The van der Waals surface area contributed by atoms with Gasteiger partial charge in [-0.3, -0.25) is 0 Å². The fourth-order valence-electron chi connectivity index (χ4n) is 2.87. The summed E-state index contributed by atoms with van der Waals surface area (Å²) in [4.78, 5) is 4.55. The average molecular weight is 391 g/mol. The van der Waals surface area contributed by atoms with Gasteiger partial charge in [0.25, 0.3) is 0 Å². The third kappa shape index (κ3) is 4.00. The molecule has 1 aromatic heterocycles. The SMILES string of the molecule is Cn1c(N/N=C\c2ccccc2OCc2ccc(Cl)cc2)nc2ccccc21. The minimum atomic E-state index is 0.459. The number of anilines is 1. The number of hydrazone groups is 1. The van der Waals surface area contributed by atoms with Crippen molar-refractivity contribution in [2.45, 2.75) is 6.61 Å². The van der Waals surface area contributed by atoms with Crippen LogP contribution in [-0.4, -0.2) is 15.8 Å². The molecule has 0 saturated heterocycles. The molecule has 0 bridgehead atoms. The van der Waals surface area contributed by atoms with Crippen LogP contribution in [0.1, 0.15) is 11.1 Å². The second kappa shape index (κ2) is 8.15. The van der Waals surface area contributed by atoms with E-state index in [0.29, 0.717) is 17.6 Å². The molecule has 4 aromatic rings. The molecule has 0 fully saturated rings. The van der Waals surface area contributed by atoms with E-state index in [2.05, 4.69) is 15.5 Å². The van der Waals surface area contributed by atoms with Crippen molar-refractivity contribution in [2.24, 2.45) is 12.1 Å². The van der Waals surface area contributed by atoms with Crippen LogP contribution in [0, 0.1) is 0 Å². The molecule has 140 valence electrons. The van der Waals surface area contributed by atoms with E-state index in [1.54, 1.807) is 6.21 Å². The van der Waals surface area contributed by atoms with Crippen molar-refractivity contribution in [3.8, 4) is 5.75 Å². The first-order valence-electron chi connectivity index (χ1n) is 8.87. The third-order valence-electron chi connectivity index (χ3n) is 4.38. The van der Waals surface area contributed by atoms with E-state index in [0.717, 1.165) is 27.9 Å². The van der Waals surface area contributed by atoms with E-state index in [-0.39, 0.29) is 0 Å². The lowest BCUT2D eigenvalue weighted by molar-refractivity contribution is 0.306. The van der Waals surface area contributed by atoms with Crippen molar-refractivity contribution in [1.82, 2.24) is 9.55 Å². The smallest absolute Gasteiger partial charge is 0.224 e. The number of halogens is 1. The molecule has 28 heavy (non-hydrogen) atoms. The molecule has 0 aliphatic carbocycles. The van der Waals surface area contributed by atoms with E-state index in [1.165, 1.54) is 0 Å². The monoisotopic (exact) mass is 390 g/mol. The highest BCUT2D eigenvalue weighted by Crippen LogP contribution is 2.20. The maximum atomic E-state index is 5.95. The van der Waals surface area contributed by atoms with Gasteiger partial charge in [-0.15, -0.1) is 0 Å². The van der Waals surface area contributed by atoms with Crippen molar-refractivity contribution >= 4 is 34.8 Å². The van der Waals surface area contributed by atoms with Crippen molar-refractivity contribution in [1.29, 1.82) is 0 Å². The number of aromatic nitrogens is 2. The van der Waals surface area contributed by atoms with Crippen LogP contribution in [0.2, 0.25) is 5.02 Å². The Balaban J connectivity index is 1.47. The first kappa shape index (κ1) is 18.1. The van der Waals surface area contributed by atoms with Gasteiger partial charge in [0.15, 0.2) is 0 Å². The first-order valence-corrected chi connectivity index (χ1v) is 9.25. The molecule has 0 atom stereocenters. The summed E-state index contributed by atoms with van der Waals surface area (Å²) in [5.41, 5.74) is 6.91. The van der Waals surface area contributed by atoms with Crippen LogP contribution < -0.4 is 10.2 Å². The van der Waals surface area contributed by atoms with E-state index < -0.39 is 0 Å². The van der Waals surface area contributed by atoms with Gasteiger partial charge < -0.3 is 9.30 Å². The van der Waals surface area contributed by atoms with E-state index >= 15 is 0 Å². The zero-order chi connectivity index (χ0) is 19.3. The lowest BCUT2D eigenvalue weighted by atomic mass is 10.2. The van der Waals surface area contributed by atoms with Crippen LogP contribution in [0.25, 0.3) is 11.0 Å². The molecule has 0 aliphatic heterocycles. The molecule has 0 radical (unpaired) electrons. The van der Waals surface area contributed by atoms with Gasteiger partial charge in [0.1, 0.15) is 12.4 Å². The largest absolute Gasteiger partial charge is 0.488 e. The third-order valence-corrected chi connectivity index (χ3v) is 4.63. The Kier molecular flexibility index (Phi) is 5.26. The maximum Gasteiger partial charge on any atom is 0.224 e. The maximum absolute atomic E-state index is 5.95. The number of nitrogens with one attached hydrogen (secondary N) is 1. The Bertz CT molecular complexity index is 1120. The molecule has 4 rings (SSSR count). The molecule has 3 aromatic carbocycles. The molecular weight excluding hydrogens is 372 g/mol. The van der Waals surface area contributed by atoms with Crippen molar-refractivity contribution in [2.75, 3.05) is 5.43 Å². The van der Waals surface area contributed by atoms with Gasteiger partial charge in [-0.25, -0.2) is 10.4 Å². The number of hydrogen-bond acceptors (Lipinski definition) is 4. The fraction of sp³-hybridized carbons (Fsp3) is 0.0909. The van der Waals surface area contributed by atoms with E-state index in [9.17, 15) is 0 Å². The van der Waals surface area contributed by atoms with Gasteiger partial charge in [-0.1, -0.05) is 48.0 Å². The van der Waals surface area contributed by atoms with Gasteiger partial charge in [0, 0.05) is 17.6 Å². The van der Waals surface area contributed by atoms with E-state index in [4.69, 9.17) is 16.3 Å². The molecule has 6 heteroatoms. The molecule has 5 nitrogen and oxygen atoms in total. The minimum Gasteiger partial charge on any atom is -0.488 e. The molecule has 0 spiro atoms. The van der Waals surface area contributed by atoms with Gasteiger partial charge in [-0.05, 0) is 42.0 Å². The fourth-order valence-corrected chi connectivity index (χ4v) is 2.99. The number of ether oxygens (including phenoxy) is 1. The lowest BCUT2D eigenvalue weighted by Gasteiger charge is -2.09. The lowest BCUT2D eigenvalue weighted by Crippen LogP contribution is -2.01. The summed E-state index contributed by atoms with van der Waals surface area (Å²) in [6.45, 7) is 0.459. The normalized spacial score (nSPS) is 11.2. The van der Waals surface area contributed by atoms with Crippen LogP contribution in [0.15, 0.2) is 77.9 Å². The molecule has 1 N–H and O–H groups in total. The number of fused-ring (bicyclic) bond motifs is 1. The Hall–Kier alpha value is -3.31. The molecule has 0 aliphatic rings. The minimum absolute atomic E-state index is 0.459. The number of para-hydroxylation sites is 3. The van der Waals surface area contributed by atoms with Gasteiger partial charge in [-0.2, -0.15) is 5.10 Å². The quantitative estimate of drug-likeness (QED) is 0.361. The van der Waals surface area contributed by atoms with Crippen LogP contribution in [0.4, 0.5) is 5.95 Å². The Morgan fingerprint density at radius 1 is 1.04 bits per heavy atom. The number of rotatable bonds is 6. The number of imidazole rings is 1. The molecule has 0 unspecified atom stereocenters. The number of hydrogen-bond donors (Lipinski definition) is 1. The zero-order valence-electron chi connectivity index (χ0n) is 15.3. The summed E-state index contributed by atoms with van der Waals surface area (Å²) >= 11 is 5.93. The highest BCUT2D eigenvalue weighted by Gasteiger charge is 2.06. The predicted molar refractivity (Wildman–Crippen MR) is 114 cm³/mol. The van der Waals surface area contributed by atoms with Crippen molar-refractivity contribution in [3.63, 3.8) is 0 Å². The number of benzene rings is 3. The number of aryl methyl sites for hydroxylation is 1. The highest BCUT2D eigenvalue weighted by atomic mass is 35.5. The average Bonchev–Trinajstić information content (AvgIpc) is 3.04. The van der Waals surface area contributed by atoms with E-state index in [1.807, 2.05) is 84.4 Å². The second-order valence-corrected chi connectivity index (χ2v) is 6.74. The first-order chi connectivity index (χ1) is 13.7. The molecule has 1 heterocycles. The van der Waals surface area contributed by atoms with Crippen molar-refractivity contribution in [3.05, 3.63) is 88.9 Å². The van der Waals surface area contributed by atoms with Gasteiger partial charge >= 0.3 is 0 Å². The van der Waals surface area contributed by atoms with Crippen LogP contribution >= 0.6 is 11.6 Å². The Morgan fingerprint density at radius 2 is 1.79 bits per heavy atom. The van der Waals surface area contributed by atoms with Gasteiger partial charge in [0.05, 0.1) is 17.2 Å². The summed E-state index contributed by atoms with van der Waals surface area (Å²) < 4.78 is 7.92. The zero-order valence-corrected chi connectivity index (χ0v) is 16.1. The van der Waals surface area contributed by atoms with Crippen LogP contribution in [-0.2, 0) is 13.7 Å².